The quantitative estimate of drug-likeness (QED) is 0.790. The number of amides is 1. The van der Waals surface area contributed by atoms with Crippen molar-refractivity contribution in [2.45, 2.75) is 6.42 Å². The zero-order valence-electron chi connectivity index (χ0n) is 14.5. The van der Waals surface area contributed by atoms with Gasteiger partial charge in [0.05, 0.1) is 17.7 Å². The van der Waals surface area contributed by atoms with E-state index in [9.17, 15) is 4.79 Å². The van der Waals surface area contributed by atoms with Gasteiger partial charge in [0.25, 0.3) is 5.91 Å². The predicted molar refractivity (Wildman–Crippen MR) is 106 cm³/mol. The molecule has 0 radical (unpaired) electrons. The van der Waals surface area contributed by atoms with Crippen molar-refractivity contribution in [3.8, 4) is 5.75 Å². The second-order valence-electron chi connectivity index (χ2n) is 5.65. The molecule has 1 amide bonds. The number of carbonyl (C=O) groups excluding carboxylic acids is 1. The van der Waals surface area contributed by atoms with Gasteiger partial charge in [-0.15, -0.1) is 0 Å². The number of nitrogens with zero attached hydrogens (tertiary/aromatic N) is 2. The van der Waals surface area contributed by atoms with Crippen molar-refractivity contribution in [3.05, 3.63) is 65.1 Å². The average molecular weight is 368 g/mol. The average Bonchev–Trinajstić information content (AvgIpc) is 2.95. The number of carbonyl (C=O) groups is 1. The van der Waals surface area contributed by atoms with Crippen LogP contribution in [0.15, 0.2) is 64.5 Å². The molecule has 5 nitrogen and oxygen atoms in total. The van der Waals surface area contributed by atoms with Crippen molar-refractivity contribution in [2.24, 2.45) is 4.99 Å². The molecule has 0 spiro atoms. The van der Waals surface area contributed by atoms with Gasteiger partial charge in [0.2, 0.25) is 0 Å². The van der Waals surface area contributed by atoms with Gasteiger partial charge in [-0.25, -0.2) is 4.99 Å². The fourth-order valence-corrected chi connectivity index (χ4v) is 3.54. The lowest BCUT2D eigenvalue weighted by atomic mass is 10.2. The number of aliphatic imine (C=N–C) groups is 1. The molecule has 1 heterocycles. The van der Waals surface area contributed by atoms with Crippen LogP contribution in [-0.2, 0) is 4.79 Å². The van der Waals surface area contributed by atoms with Crippen LogP contribution < -0.4 is 4.74 Å². The summed E-state index contributed by atoms with van der Waals surface area (Å²) in [4.78, 5) is 19.6. The molecule has 0 bridgehead atoms. The number of amidine groups is 1. The van der Waals surface area contributed by atoms with Crippen LogP contribution in [0.25, 0.3) is 6.08 Å². The monoisotopic (exact) mass is 368 g/mol. The minimum Gasteiger partial charge on any atom is -0.497 e. The zero-order chi connectivity index (χ0) is 18.4. The smallest absolute Gasteiger partial charge is 0.266 e. The maximum Gasteiger partial charge on any atom is 0.266 e. The summed E-state index contributed by atoms with van der Waals surface area (Å²) in [5.74, 6) is 0.644. The van der Waals surface area contributed by atoms with E-state index in [1.54, 1.807) is 12.0 Å². The molecule has 0 atom stereocenters. The highest BCUT2D eigenvalue weighted by Crippen LogP contribution is 2.34. The molecule has 6 heteroatoms. The Morgan fingerprint density at radius 1 is 1.19 bits per heavy atom. The molecule has 0 unspecified atom stereocenters. The summed E-state index contributed by atoms with van der Waals surface area (Å²) in [7, 11) is 1.61. The van der Waals surface area contributed by atoms with Gasteiger partial charge < -0.3 is 9.84 Å². The van der Waals surface area contributed by atoms with Gasteiger partial charge in [-0.05, 0) is 54.1 Å². The van der Waals surface area contributed by atoms with E-state index in [1.807, 2.05) is 60.7 Å². The molecule has 2 aromatic carbocycles. The summed E-state index contributed by atoms with van der Waals surface area (Å²) < 4.78 is 5.24. The van der Waals surface area contributed by atoms with Crippen molar-refractivity contribution < 1.29 is 14.6 Å². The Balaban J connectivity index is 1.91. The Morgan fingerprint density at radius 2 is 2.00 bits per heavy atom. The summed E-state index contributed by atoms with van der Waals surface area (Å²) in [5.41, 5.74) is 1.68. The first kappa shape index (κ1) is 18.2. The predicted octanol–water partition coefficient (Wildman–Crippen LogP) is 3.68. The molecule has 3 rings (SSSR count). The largest absolute Gasteiger partial charge is 0.497 e. The second kappa shape index (κ2) is 8.69. The lowest BCUT2D eigenvalue weighted by Gasteiger charge is -2.14. The van der Waals surface area contributed by atoms with Crippen molar-refractivity contribution >= 4 is 34.6 Å². The molecule has 26 heavy (non-hydrogen) atoms. The lowest BCUT2D eigenvalue weighted by Crippen LogP contribution is -2.30. The van der Waals surface area contributed by atoms with Crippen molar-refractivity contribution in [3.63, 3.8) is 0 Å². The van der Waals surface area contributed by atoms with Crippen LogP contribution in [0.5, 0.6) is 5.75 Å². The van der Waals surface area contributed by atoms with Crippen LogP contribution in [0.4, 0.5) is 5.69 Å². The number of aliphatic hydroxyl groups is 1. The Hall–Kier alpha value is -2.57. The minimum atomic E-state index is -0.0963. The lowest BCUT2D eigenvalue weighted by molar-refractivity contribution is -0.122. The van der Waals surface area contributed by atoms with E-state index < -0.39 is 0 Å². The van der Waals surface area contributed by atoms with Gasteiger partial charge in [0.1, 0.15) is 5.75 Å². The SMILES string of the molecule is COc1cccc(/C=C2\SC(=Nc3ccccc3)N(CCCO)C2=O)c1. The van der Waals surface area contributed by atoms with E-state index in [1.165, 1.54) is 11.8 Å². The van der Waals surface area contributed by atoms with Crippen molar-refractivity contribution in [1.82, 2.24) is 4.90 Å². The van der Waals surface area contributed by atoms with Gasteiger partial charge in [-0.1, -0.05) is 30.3 Å². The molecular weight excluding hydrogens is 348 g/mol. The Labute approximate surface area is 157 Å². The minimum absolute atomic E-state index is 0.0298. The molecule has 1 aliphatic rings. The zero-order valence-corrected chi connectivity index (χ0v) is 15.3. The number of aliphatic hydroxyl groups excluding tert-OH is 1. The second-order valence-corrected chi connectivity index (χ2v) is 6.66. The van der Waals surface area contributed by atoms with Gasteiger partial charge in [0.15, 0.2) is 5.17 Å². The summed E-state index contributed by atoms with van der Waals surface area (Å²) in [6.07, 6.45) is 2.35. The summed E-state index contributed by atoms with van der Waals surface area (Å²) >= 11 is 1.35. The van der Waals surface area contributed by atoms with E-state index in [0.717, 1.165) is 17.0 Å². The normalized spacial score (nSPS) is 17.3. The third-order valence-electron chi connectivity index (χ3n) is 3.80. The Bertz CT molecular complexity index is 834. The van der Waals surface area contributed by atoms with Crippen molar-refractivity contribution in [2.75, 3.05) is 20.3 Å². The third kappa shape index (κ3) is 4.33. The number of ether oxygens (including phenoxy) is 1. The van der Waals surface area contributed by atoms with Gasteiger partial charge >= 0.3 is 0 Å². The Kier molecular flexibility index (Phi) is 6.09. The molecule has 134 valence electrons. The summed E-state index contributed by atoms with van der Waals surface area (Å²) in [6.45, 7) is 0.464. The topological polar surface area (TPSA) is 62.1 Å². The van der Waals surface area contributed by atoms with Gasteiger partial charge in [-0.2, -0.15) is 0 Å². The molecule has 1 aliphatic heterocycles. The molecule has 1 saturated heterocycles. The molecular formula is C20H20N2O3S. The molecule has 0 aromatic heterocycles. The van der Waals surface area contributed by atoms with Gasteiger partial charge in [-0.3, -0.25) is 9.69 Å². The highest BCUT2D eigenvalue weighted by Gasteiger charge is 2.32. The van der Waals surface area contributed by atoms with E-state index in [2.05, 4.69) is 4.99 Å². The standard InChI is InChI=1S/C20H20N2O3S/c1-25-17-10-5-7-15(13-17)14-18-19(24)22(11-6-12-23)20(26-18)21-16-8-3-2-4-9-16/h2-5,7-10,13-14,23H,6,11-12H2,1H3/b18-14-,21-20?. The first-order valence-corrected chi connectivity index (χ1v) is 9.13. The van der Waals surface area contributed by atoms with E-state index in [0.29, 0.717) is 23.0 Å². The maximum absolute atomic E-state index is 12.8. The number of para-hydroxylation sites is 1. The number of rotatable bonds is 6. The highest BCUT2D eigenvalue weighted by atomic mass is 32.2. The summed E-state index contributed by atoms with van der Waals surface area (Å²) in [6, 6.07) is 17.1. The van der Waals surface area contributed by atoms with Crippen LogP contribution in [0, 0.1) is 0 Å². The first-order valence-electron chi connectivity index (χ1n) is 8.31. The fraction of sp³-hybridized carbons (Fsp3) is 0.200. The fourth-order valence-electron chi connectivity index (χ4n) is 2.51. The molecule has 0 saturated carbocycles. The van der Waals surface area contributed by atoms with Crippen LogP contribution in [0.2, 0.25) is 0 Å². The number of hydrogen-bond acceptors (Lipinski definition) is 5. The molecule has 2 aromatic rings. The number of methoxy groups -OCH3 is 1. The molecule has 1 N–H and O–H groups in total. The van der Waals surface area contributed by atoms with Crippen molar-refractivity contribution in [1.29, 1.82) is 0 Å². The van der Waals surface area contributed by atoms with E-state index in [4.69, 9.17) is 9.84 Å². The highest BCUT2D eigenvalue weighted by molar-refractivity contribution is 8.18. The number of hydrogen-bond donors (Lipinski definition) is 1. The van der Waals surface area contributed by atoms with Crippen LogP contribution in [0.1, 0.15) is 12.0 Å². The number of benzene rings is 2. The van der Waals surface area contributed by atoms with E-state index in [-0.39, 0.29) is 12.5 Å². The van der Waals surface area contributed by atoms with E-state index >= 15 is 0 Å². The van der Waals surface area contributed by atoms with Gasteiger partial charge in [0, 0.05) is 13.2 Å². The third-order valence-corrected chi connectivity index (χ3v) is 4.81. The molecule has 0 aliphatic carbocycles. The van der Waals surface area contributed by atoms with Crippen LogP contribution >= 0.6 is 11.8 Å². The first-order chi connectivity index (χ1) is 12.7. The number of thioether (sulfide) groups is 1. The Morgan fingerprint density at radius 3 is 2.73 bits per heavy atom. The summed E-state index contributed by atoms with van der Waals surface area (Å²) in [5, 5.41) is 9.76. The molecule has 1 fully saturated rings. The maximum atomic E-state index is 12.8. The van der Waals surface area contributed by atoms with Crippen LogP contribution in [0.3, 0.4) is 0 Å². The van der Waals surface area contributed by atoms with Crippen LogP contribution in [-0.4, -0.2) is 41.3 Å².